The highest BCUT2D eigenvalue weighted by atomic mass is 32.1. The van der Waals surface area contributed by atoms with Gasteiger partial charge in [0.1, 0.15) is 11.6 Å². The number of thiophene rings is 1. The van der Waals surface area contributed by atoms with Crippen LogP contribution in [0.4, 0.5) is 9.80 Å². The predicted octanol–water partition coefficient (Wildman–Crippen LogP) is 2.26. The zero-order valence-corrected chi connectivity index (χ0v) is 14.3. The first-order valence-electron chi connectivity index (χ1n) is 7.67. The summed E-state index contributed by atoms with van der Waals surface area (Å²) in [5, 5.41) is 5.69. The van der Waals surface area contributed by atoms with Crippen molar-refractivity contribution >= 4 is 34.2 Å². The van der Waals surface area contributed by atoms with Crippen LogP contribution in [-0.4, -0.2) is 30.6 Å². The number of anilines is 1. The van der Waals surface area contributed by atoms with Gasteiger partial charge in [0.05, 0.1) is 18.0 Å². The summed E-state index contributed by atoms with van der Waals surface area (Å²) in [6.07, 6.45) is -0.476. The highest BCUT2D eigenvalue weighted by Gasteiger charge is 2.27. The Morgan fingerprint density at radius 2 is 2.08 bits per heavy atom. The number of hydrogen-bond donors (Lipinski definition) is 3. The molecule has 1 aliphatic rings. The van der Waals surface area contributed by atoms with E-state index in [1.54, 1.807) is 0 Å². The van der Waals surface area contributed by atoms with Crippen molar-refractivity contribution in [3.63, 3.8) is 0 Å². The van der Waals surface area contributed by atoms with Gasteiger partial charge in [0, 0.05) is 10.4 Å². The number of rotatable bonds is 5. The zero-order chi connectivity index (χ0) is 18.0. The van der Waals surface area contributed by atoms with Gasteiger partial charge >= 0.3 is 6.09 Å². The quantitative estimate of drug-likeness (QED) is 0.760. The number of nitrogens with one attached hydrogen (secondary N) is 2. The number of carbonyl (C=O) groups excluding carboxylic acids is 3. The minimum Gasteiger partial charge on any atom is -0.447 e. The van der Waals surface area contributed by atoms with Gasteiger partial charge < -0.3 is 21.1 Å². The van der Waals surface area contributed by atoms with Gasteiger partial charge in [-0.25, -0.2) is 4.79 Å². The molecule has 4 N–H and O–H groups in total. The summed E-state index contributed by atoms with van der Waals surface area (Å²) >= 11 is 1.30. The predicted molar refractivity (Wildman–Crippen MR) is 94.5 cm³/mol. The van der Waals surface area contributed by atoms with Crippen LogP contribution in [-0.2, 0) is 9.53 Å². The molecule has 0 saturated carbocycles. The zero-order valence-electron chi connectivity index (χ0n) is 13.5. The van der Waals surface area contributed by atoms with E-state index in [4.69, 9.17) is 10.5 Å². The van der Waals surface area contributed by atoms with Crippen molar-refractivity contribution in [2.45, 2.75) is 19.4 Å². The maximum atomic E-state index is 12.2. The number of carbonyl (C=O) groups is 3. The Hall–Kier alpha value is -2.87. The molecule has 1 saturated heterocycles. The average molecular weight is 359 g/mol. The van der Waals surface area contributed by atoms with Gasteiger partial charge in [-0.1, -0.05) is 30.3 Å². The first kappa shape index (κ1) is 17.0. The third-order valence-electron chi connectivity index (χ3n) is 3.82. The van der Waals surface area contributed by atoms with Crippen molar-refractivity contribution in [3.8, 4) is 11.1 Å². The molecule has 1 aliphatic heterocycles. The Balaban J connectivity index is 1.85. The minimum atomic E-state index is -0.601. The Morgan fingerprint density at radius 3 is 2.68 bits per heavy atom. The van der Waals surface area contributed by atoms with Crippen LogP contribution in [0.2, 0.25) is 0 Å². The van der Waals surface area contributed by atoms with Crippen molar-refractivity contribution < 1.29 is 19.1 Å². The van der Waals surface area contributed by atoms with E-state index in [1.165, 1.54) is 11.3 Å². The molecular weight excluding hydrogens is 342 g/mol. The molecular formula is C17H17N3O4S. The summed E-state index contributed by atoms with van der Waals surface area (Å²) < 4.78 is 4.76. The highest BCUT2D eigenvalue weighted by molar-refractivity contribution is 7.17. The lowest BCUT2D eigenvalue weighted by molar-refractivity contribution is -0.116. The van der Waals surface area contributed by atoms with Crippen molar-refractivity contribution in [2.75, 3.05) is 11.9 Å². The molecule has 3 amide bonds. The number of benzene rings is 1. The van der Waals surface area contributed by atoms with Crippen LogP contribution in [0.15, 0.2) is 30.3 Å². The van der Waals surface area contributed by atoms with Crippen LogP contribution in [0.1, 0.15) is 21.7 Å². The fraction of sp³-hybridized carbons (Fsp3) is 0.235. The topological polar surface area (TPSA) is 111 Å². The summed E-state index contributed by atoms with van der Waals surface area (Å²) in [6.45, 7) is 2.02. The molecule has 25 heavy (non-hydrogen) atoms. The molecule has 1 fully saturated rings. The summed E-state index contributed by atoms with van der Waals surface area (Å²) in [6, 6.07) is 9.03. The van der Waals surface area contributed by atoms with E-state index in [0.717, 1.165) is 16.0 Å². The van der Waals surface area contributed by atoms with Crippen LogP contribution in [0.5, 0.6) is 0 Å². The maximum absolute atomic E-state index is 12.2. The van der Waals surface area contributed by atoms with Crippen molar-refractivity contribution in [2.24, 2.45) is 5.73 Å². The molecule has 130 valence electrons. The van der Waals surface area contributed by atoms with Crippen molar-refractivity contribution in [1.82, 2.24) is 5.32 Å². The molecule has 8 heteroatoms. The molecule has 0 bridgehead atoms. The number of ether oxygens (including phenoxy) is 1. The van der Waals surface area contributed by atoms with Crippen LogP contribution in [0.3, 0.4) is 0 Å². The van der Waals surface area contributed by atoms with Gasteiger partial charge in [0.25, 0.3) is 5.91 Å². The van der Waals surface area contributed by atoms with E-state index >= 15 is 0 Å². The second-order valence-electron chi connectivity index (χ2n) is 5.66. The summed E-state index contributed by atoms with van der Waals surface area (Å²) in [5.74, 6) is -0.921. The first-order chi connectivity index (χ1) is 12.0. The SMILES string of the molecule is Cc1sc(NC(=O)C[C@H]2COC(=O)N2)c(C(N)=O)c1-c1ccccc1. The number of aryl methyl sites for hydroxylation is 1. The fourth-order valence-electron chi connectivity index (χ4n) is 2.76. The number of alkyl carbamates (subject to hydrolysis) is 1. The lowest BCUT2D eigenvalue weighted by Crippen LogP contribution is -2.31. The van der Waals surface area contributed by atoms with Crippen LogP contribution in [0.25, 0.3) is 11.1 Å². The molecule has 0 radical (unpaired) electrons. The van der Waals surface area contributed by atoms with Crippen molar-refractivity contribution in [1.29, 1.82) is 0 Å². The van der Waals surface area contributed by atoms with Gasteiger partial charge in [-0.2, -0.15) is 0 Å². The Kier molecular flexibility index (Phi) is 4.71. The normalized spacial score (nSPS) is 16.2. The summed E-state index contributed by atoms with van der Waals surface area (Å²) in [7, 11) is 0. The number of cyclic esters (lactones) is 1. The summed E-state index contributed by atoms with van der Waals surface area (Å²) in [5.41, 5.74) is 7.45. The monoisotopic (exact) mass is 359 g/mol. The Morgan fingerprint density at radius 1 is 1.36 bits per heavy atom. The molecule has 2 heterocycles. The second-order valence-corrected chi connectivity index (χ2v) is 6.88. The maximum Gasteiger partial charge on any atom is 0.407 e. The molecule has 0 spiro atoms. The Bertz CT molecular complexity index is 832. The van der Waals surface area contributed by atoms with Crippen molar-refractivity contribution in [3.05, 3.63) is 40.8 Å². The number of hydrogen-bond acceptors (Lipinski definition) is 5. The summed E-state index contributed by atoms with van der Waals surface area (Å²) in [4.78, 5) is 36.1. The molecule has 2 aromatic rings. The van der Waals surface area contributed by atoms with Crippen LogP contribution in [0, 0.1) is 6.92 Å². The lowest BCUT2D eigenvalue weighted by Gasteiger charge is -2.09. The first-order valence-corrected chi connectivity index (χ1v) is 8.49. The fourth-order valence-corrected chi connectivity index (χ4v) is 3.86. The van der Waals surface area contributed by atoms with Crippen LogP contribution < -0.4 is 16.4 Å². The van der Waals surface area contributed by atoms with E-state index in [2.05, 4.69) is 10.6 Å². The molecule has 1 atom stereocenters. The molecule has 3 rings (SSSR count). The lowest BCUT2D eigenvalue weighted by atomic mass is 10.0. The van der Waals surface area contributed by atoms with E-state index < -0.39 is 12.0 Å². The van der Waals surface area contributed by atoms with E-state index in [1.807, 2.05) is 37.3 Å². The van der Waals surface area contributed by atoms with E-state index in [9.17, 15) is 14.4 Å². The van der Waals surface area contributed by atoms with Gasteiger partial charge in [0.2, 0.25) is 5.91 Å². The van der Waals surface area contributed by atoms with E-state index in [0.29, 0.717) is 10.6 Å². The van der Waals surface area contributed by atoms with E-state index in [-0.39, 0.29) is 25.0 Å². The molecule has 1 aromatic carbocycles. The smallest absolute Gasteiger partial charge is 0.407 e. The van der Waals surface area contributed by atoms with Gasteiger partial charge in [0.15, 0.2) is 0 Å². The standard InChI is InChI=1S/C17H17N3O4S/c1-9-13(10-5-3-2-4-6-10)14(15(18)22)16(25-9)20-12(21)7-11-8-24-17(23)19-11/h2-6,11H,7-8H2,1H3,(H2,18,22)(H,19,23)(H,20,21)/t11-/m0/s1. The number of amides is 3. The third kappa shape index (κ3) is 3.63. The minimum absolute atomic E-state index is 0.0571. The van der Waals surface area contributed by atoms with Gasteiger partial charge in [-0.3, -0.25) is 9.59 Å². The number of nitrogens with two attached hydrogens (primary N) is 1. The average Bonchev–Trinajstić information content (AvgIpc) is 3.11. The molecule has 1 aromatic heterocycles. The number of primary amides is 1. The van der Waals surface area contributed by atoms with Crippen LogP contribution >= 0.6 is 11.3 Å². The molecule has 7 nitrogen and oxygen atoms in total. The highest BCUT2D eigenvalue weighted by Crippen LogP contribution is 2.39. The largest absolute Gasteiger partial charge is 0.447 e. The Labute approximate surface area is 148 Å². The van der Waals surface area contributed by atoms with Gasteiger partial charge in [-0.05, 0) is 12.5 Å². The molecule has 0 unspecified atom stereocenters. The third-order valence-corrected chi connectivity index (χ3v) is 4.84. The molecule has 0 aliphatic carbocycles. The van der Waals surface area contributed by atoms with Gasteiger partial charge in [-0.15, -0.1) is 11.3 Å². The second kappa shape index (κ2) is 6.94.